The van der Waals surface area contributed by atoms with Crippen molar-refractivity contribution < 1.29 is 0 Å². The number of imidazole rings is 1. The molecule has 70 valence electrons. The van der Waals surface area contributed by atoms with E-state index in [1.807, 2.05) is 11.6 Å². The molecule has 0 saturated heterocycles. The molecule has 1 heterocycles. The van der Waals surface area contributed by atoms with Gasteiger partial charge in [-0.25, -0.2) is 4.98 Å². The summed E-state index contributed by atoms with van der Waals surface area (Å²) in [5.74, 6) is 1.25. The Labute approximate surface area is 83.0 Å². The summed E-state index contributed by atoms with van der Waals surface area (Å²) in [4.78, 5) is 4.21. The quantitative estimate of drug-likeness (QED) is 0.730. The van der Waals surface area contributed by atoms with Gasteiger partial charge in [0.2, 0.25) is 0 Å². The summed E-state index contributed by atoms with van der Waals surface area (Å²) in [6.07, 6.45) is 0.315. The van der Waals surface area contributed by atoms with Crippen LogP contribution >= 0.6 is 11.6 Å². The standard InChI is InChI=1S/C9H12ClN3/c1-6(2)9-12-8(10)7(4-5-11)13(9)3/h6H,4H2,1-3H3. The number of hydrogen-bond acceptors (Lipinski definition) is 2. The summed E-state index contributed by atoms with van der Waals surface area (Å²) in [6, 6.07) is 2.07. The average molecular weight is 198 g/mol. The lowest BCUT2D eigenvalue weighted by Gasteiger charge is -2.05. The second-order valence-corrected chi connectivity index (χ2v) is 3.61. The Morgan fingerprint density at radius 2 is 2.23 bits per heavy atom. The molecule has 1 rings (SSSR count). The molecule has 0 fully saturated rings. The van der Waals surface area contributed by atoms with Gasteiger partial charge in [0.25, 0.3) is 0 Å². The van der Waals surface area contributed by atoms with Crippen molar-refractivity contribution in [2.24, 2.45) is 7.05 Å². The monoisotopic (exact) mass is 197 g/mol. The lowest BCUT2D eigenvalue weighted by atomic mass is 10.2. The molecular weight excluding hydrogens is 186 g/mol. The predicted octanol–water partition coefficient (Wildman–Crippen LogP) is 2.26. The molecule has 0 unspecified atom stereocenters. The van der Waals surface area contributed by atoms with E-state index >= 15 is 0 Å². The van der Waals surface area contributed by atoms with Crippen molar-refractivity contribution in [1.82, 2.24) is 9.55 Å². The number of nitriles is 1. The van der Waals surface area contributed by atoms with E-state index in [-0.39, 0.29) is 0 Å². The van der Waals surface area contributed by atoms with E-state index in [1.165, 1.54) is 0 Å². The van der Waals surface area contributed by atoms with Crippen LogP contribution in [0.3, 0.4) is 0 Å². The van der Waals surface area contributed by atoms with Crippen LogP contribution in [0.25, 0.3) is 0 Å². The normalized spacial score (nSPS) is 10.5. The third-order valence-electron chi connectivity index (χ3n) is 1.96. The highest BCUT2D eigenvalue weighted by molar-refractivity contribution is 6.30. The second kappa shape index (κ2) is 3.80. The molecule has 0 saturated carbocycles. The molecule has 13 heavy (non-hydrogen) atoms. The first-order valence-corrected chi connectivity index (χ1v) is 4.53. The summed E-state index contributed by atoms with van der Waals surface area (Å²) >= 11 is 5.89. The molecule has 0 aromatic carbocycles. The van der Waals surface area contributed by atoms with Gasteiger partial charge in [0, 0.05) is 13.0 Å². The van der Waals surface area contributed by atoms with Crippen LogP contribution in [0, 0.1) is 11.3 Å². The van der Waals surface area contributed by atoms with Gasteiger partial charge in [-0.2, -0.15) is 5.26 Å². The topological polar surface area (TPSA) is 41.6 Å². The number of halogens is 1. The summed E-state index contributed by atoms with van der Waals surface area (Å²) in [6.45, 7) is 4.10. The molecule has 0 atom stereocenters. The number of aromatic nitrogens is 2. The van der Waals surface area contributed by atoms with E-state index in [2.05, 4.69) is 24.9 Å². The Balaban J connectivity index is 3.16. The zero-order chi connectivity index (χ0) is 10.0. The largest absolute Gasteiger partial charge is 0.333 e. The van der Waals surface area contributed by atoms with Crippen LogP contribution in [0.1, 0.15) is 31.3 Å². The minimum Gasteiger partial charge on any atom is -0.333 e. The van der Waals surface area contributed by atoms with Crippen LogP contribution in [0.15, 0.2) is 0 Å². The van der Waals surface area contributed by atoms with Gasteiger partial charge in [0.15, 0.2) is 5.15 Å². The molecule has 0 radical (unpaired) electrons. The van der Waals surface area contributed by atoms with Crippen molar-refractivity contribution >= 4 is 11.6 Å². The first-order valence-electron chi connectivity index (χ1n) is 4.15. The Kier molecular flexibility index (Phi) is 2.94. The molecule has 4 heteroatoms. The maximum atomic E-state index is 8.57. The van der Waals surface area contributed by atoms with Gasteiger partial charge in [0.05, 0.1) is 18.2 Å². The van der Waals surface area contributed by atoms with Crippen molar-refractivity contribution in [3.8, 4) is 6.07 Å². The van der Waals surface area contributed by atoms with E-state index < -0.39 is 0 Å². The highest BCUT2D eigenvalue weighted by atomic mass is 35.5. The highest BCUT2D eigenvalue weighted by Gasteiger charge is 2.14. The van der Waals surface area contributed by atoms with Crippen LogP contribution in [0.4, 0.5) is 0 Å². The summed E-state index contributed by atoms with van der Waals surface area (Å²) < 4.78 is 1.90. The van der Waals surface area contributed by atoms with Crippen molar-refractivity contribution in [3.05, 3.63) is 16.7 Å². The molecule has 0 aliphatic rings. The van der Waals surface area contributed by atoms with Crippen molar-refractivity contribution in [2.45, 2.75) is 26.2 Å². The zero-order valence-electron chi connectivity index (χ0n) is 8.00. The van der Waals surface area contributed by atoms with Crippen molar-refractivity contribution in [2.75, 3.05) is 0 Å². The Hall–Kier alpha value is -1.01. The fraction of sp³-hybridized carbons (Fsp3) is 0.556. The predicted molar refractivity (Wildman–Crippen MR) is 51.6 cm³/mol. The summed E-state index contributed by atoms with van der Waals surface area (Å²) in [7, 11) is 1.89. The maximum Gasteiger partial charge on any atom is 0.151 e. The molecule has 0 aliphatic heterocycles. The van der Waals surface area contributed by atoms with Gasteiger partial charge in [0.1, 0.15) is 5.82 Å². The van der Waals surface area contributed by atoms with Gasteiger partial charge in [-0.15, -0.1) is 0 Å². The van der Waals surface area contributed by atoms with Gasteiger partial charge in [-0.1, -0.05) is 25.4 Å². The summed E-state index contributed by atoms with van der Waals surface area (Å²) in [5, 5.41) is 9.02. The van der Waals surface area contributed by atoms with Crippen LogP contribution in [-0.2, 0) is 13.5 Å². The van der Waals surface area contributed by atoms with Crippen LogP contribution in [0.2, 0.25) is 5.15 Å². The van der Waals surface area contributed by atoms with E-state index in [1.54, 1.807) is 0 Å². The minimum absolute atomic E-state index is 0.315. The molecule has 0 bridgehead atoms. The molecule has 0 amide bonds. The van der Waals surface area contributed by atoms with Crippen LogP contribution in [-0.4, -0.2) is 9.55 Å². The van der Waals surface area contributed by atoms with E-state index in [4.69, 9.17) is 16.9 Å². The van der Waals surface area contributed by atoms with E-state index in [0.29, 0.717) is 17.5 Å². The molecule has 1 aromatic rings. The average Bonchev–Trinajstić information content (AvgIpc) is 2.32. The smallest absolute Gasteiger partial charge is 0.151 e. The van der Waals surface area contributed by atoms with Gasteiger partial charge in [-0.05, 0) is 0 Å². The molecule has 0 aliphatic carbocycles. The van der Waals surface area contributed by atoms with Crippen molar-refractivity contribution in [1.29, 1.82) is 5.26 Å². The highest BCUT2D eigenvalue weighted by Crippen LogP contribution is 2.21. The second-order valence-electron chi connectivity index (χ2n) is 3.26. The lowest BCUT2D eigenvalue weighted by Crippen LogP contribution is -2.02. The number of nitrogens with zero attached hydrogens (tertiary/aromatic N) is 3. The molecule has 0 N–H and O–H groups in total. The fourth-order valence-electron chi connectivity index (χ4n) is 1.30. The first kappa shape index (κ1) is 10.1. The van der Waals surface area contributed by atoms with Crippen molar-refractivity contribution in [3.63, 3.8) is 0 Å². The van der Waals surface area contributed by atoms with Crippen LogP contribution < -0.4 is 0 Å². The third kappa shape index (κ3) is 1.84. The van der Waals surface area contributed by atoms with Gasteiger partial charge >= 0.3 is 0 Å². The first-order chi connectivity index (χ1) is 6.07. The molecular formula is C9H12ClN3. The Morgan fingerprint density at radius 1 is 1.62 bits per heavy atom. The number of rotatable bonds is 2. The minimum atomic E-state index is 0.315. The van der Waals surface area contributed by atoms with Crippen LogP contribution in [0.5, 0.6) is 0 Å². The molecule has 0 spiro atoms. The van der Waals surface area contributed by atoms with E-state index in [9.17, 15) is 0 Å². The molecule has 3 nitrogen and oxygen atoms in total. The number of hydrogen-bond donors (Lipinski definition) is 0. The maximum absolute atomic E-state index is 8.57. The fourth-order valence-corrected chi connectivity index (χ4v) is 1.58. The lowest BCUT2D eigenvalue weighted by molar-refractivity contribution is 0.696. The third-order valence-corrected chi connectivity index (χ3v) is 2.26. The Morgan fingerprint density at radius 3 is 2.62 bits per heavy atom. The summed E-state index contributed by atoms with van der Waals surface area (Å²) in [5.41, 5.74) is 0.799. The van der Waals surface area contributed by atoms with Gasteiger partial charge < -0.3 is 4.57 Å². The Bertz CT molecular complexity index is 346. The SMILES string of the molecule is CC(C)c1nc(Cl)c(CC#N)n1C. The molecule has 1 aromatic heterocycles. The zero-order valence-corrected chi connectivity index (χ0v) is 8.76. The van der Waals surface area contributed by atoms with E-state index in [0.717, 1.165) is 11.5 Å². The van der Waals surface area contributed by atoms with Gasteiger partial charge in [-0.3, -0.25) is 0 Å².